The van der Waals surface area contributed by atoms with E-state index < -0.39 is 0 Å². The van der Waals surface area contributed by atoms with Crippen LogP contribution in [0.15, 0.2) is 0 Å². The molecule has 1 heterocycles. The molecule has 2 aliphatic rings. The molecule has 4 heteroatoms. The molecule has 90 valence electrons. The minimum Gasteiger partial charge on any atom is -0.393 e. The van der Waals surface area contributed by atoms with Crippen LogP contribution < -0.4 is 5.73 Å². The third kappa shape index (κ3) is 2.54. The van der Waals surface area contributed by atoms with Gasteiger partial charge in [0.1, 0.15) is 0 Å². The van der Waals surface area contributed by atoms with E-state index >= 15 is 0 Å². The van der Waals surface area contributed by atoms with Crippen LogP contribution in [0.2, 0.25) is 0 Å². The van der Waals surface area contributed by atoms with Gasteiger partial charge >= 0.3 is 0 Å². The lowest BCUT2D eigenvalue weighted by Gasteiger charge is -2.23. The van der Waals surface area contributed by atoms with Crippen molar-refractivity contribution in [3.63, 3.8) is 0 Å². The molecule has 0 aromatic rings. The molecule has 1 unspecified atom stereocenters. The Morgan fingerprint density at radius 3 is 2.75 bits per heavy atom. The second-order valence-electron chi connectivity index (χ2n) is 5.40. The first-order valence-corrected chi connectivity index (χ1v) is 6.51. The van der Waals surface area contributed by atoms with Crippen LogP contribution in [0.5, 0.6) is 0 Å². The topological polar surface area (TPSA) is 46.3 Å². The molecule has 1 aliphatic carbocycles. The average Bonchev–Trinajstić information content (AvgIpc) is 2.84. The molecule has 2 rings (SSSR count). The summed E-state index contributed by atoms with van der Waals surface area (Å²) in [5.41, 5.74) is 5.85. The third-order valence-electron chi connectivity index (χ3n) is 3.90. The van der Waals surface area contributed by atoms with Gasteiger partial charge in [-0.15, -0.1) is 0 Å². The molecule has 2 N–H and O–H groups in total. The van der Waals surface area contributed by atoms with Crippen molar-refractivity contribution in [2.75, 3.05) is 13.1 Å². The molecule has 2 fully saturated rings. The number of nitrogens with zero attached hydrogens (tertiary/aromatic N) is 1. The van der Waals surface area contributed by atoms with E-state index in [0.717, 1.165) is 32.4 Å². The molecule has 0 spiro atoms. The zero-order chi connectivity index (χ0) is 11.8. The van der Waals surface area contributed by atoms with Gasteiger partial charge in [-0.05, 0) is 24.2 Å². The molecule has 16 heavy (non-hydrogen) atoms. The summed E-state index contributed by atoms with van der Waals surface area (Å²) >= 11 is 4.97. The molecule has 1 atom stereocenters. The summed E-state index contributed by atoms with van der Waals surface area (Å²) in [7, 11) is 0. The first-order chi connectivity index (χ1) is 7.54. The first kappa shape index (κ1) is 11.8. The highest BCUT2D eigenvalue weighted by Gasteiger charge is 2.46. The Hall–Kier alpha value is -0.640. The van der Waals surface area contributed by atoms with Crippen LogP contribution in [-0.2, 0) is 4.79 Å². The van der Waals surface area contributed by atoms with E-state index in [1.807, 2.05) is 4.90 Å². The Bertz CT molecular complexity index is 312. The summed E-state index contributed by atoms with van der Waals surface area (Å²) in [6.07, 6.45) is 4.99. The van der Waals surface area contributed by atoms with E-state index in [0.29, 0.717) is 16.8 Å². The minimum atomic E-state index is 0.240. The Morgan fingerprint density at radius 2 is 2.31 bits per heavy atom. The fourth-order valence-corrected chi connectivity index (χ4v) is 2.93. The summed E-state index contributed by atoms with van der Waals surface area (Å²) in [6, 6.07) is 0. The Morgan fingerprint density at radius 1 is 1.62 bits per heavy atom. The number of likely N-dealkylation sites (tertiary alicyclic amines) is 1. The van der Waals surface area contributed by atoms with Crippen LogP contribution in [-0.4, -0.2) is 28.9 Å². The third-order valence-corrected chi connectivity index (χ3v) is 4.05. The van der Waals surface area contributed by atoms with Gasteiger partial charge in [0, 0.05) is 25.9 Å². The number of nitrogens with two attached hydrogens (primary N) is 1. The molecule has 0 aromatic carbocycles. The van der Waals surface area contributed by atoms with Gasteiger partial charge < -0.3 is 10.6 Å². The maximum atomic E-state index is 11.8. The van der Waals surface area contributed by atoms with Gasteiger partial charge in [-0.25, -0.2) is 0 Å². The number of hydrogen-bond donors (Lipinski definition) is 1. The number of amides is 1. The summed E-state index contributed by atoms with van der Waals surface area (Å²) < 4.78 is 0. The Kier molecular flexibility index (Phi) is 3.19. The van der Waals surface area contributed by atoms with E-state index in [2.05, 4.69) is 6.92 Å². The Labute approximate surface area is 102 Å². The largest absolute Gasteiger partial charge is 0.393 e. The smallest absolute Gasteiger partial charge is 0.222 e. The van der Waals surface area contributed by atoms with Crippen molar-refractivity contribution in [2.45, 2.75) is 39.0 Å². The fourth-order valence-electron chi connectivity index (χ4n) is 2.62. The fraction of sp³-hybridized carbons (Fsp3) is 0.833. The van der Waals surface area contributed by atoms with Crippen molar-refractivity contribution in [3.8, 4) is 0 Å². The van der Waals surface area contributed by atoms with Crippen molar-refractivity contribution < 1.29 is 4.79 Å². The second-order valence-corrected chi connectivity index (χ2v) is 5.92. The summed E-state index contributed by atoms with van der Waals surface area (Å²) in [5.74, 6) is 0.884. The van der Waals surface area contributed by atoms with Gasteiger partial charge in [0.15, 0.2) is 0 Å². The molecular formula is C12H20N2OS. The molecule has 0 aromatic heterocycles. The summed E-state index contributed by atoms with van der Waals surface area (Å²) in [5, 5.41) is 0. The average molecular weight is 240 g/mol. The van der Waals surface area contributed by atoms with Gasteiger partial charge in [-0.1, -0.05) is 25.6 Å². The molecular weight excluding hydrogens is 220 g/mol. The van der Waals surface area contributed by atoms with E-state index in [-0.39, 0.29) is 5.41 Å². The van der Waals surface area contributed by atoms with Crippen LogP contribution in [0.3, 0.4) is 0 Å². The van der Waals surface area contributed by atoms with Gasteiger partial charge in [0.2, 0.25) is 5.91 Å². The standard InChI is InChI=1S/C12H20N2OS/c1-2-9-5-11(15)14(7-9)8-12(3-4-12)6-10(13)16/h9H,2-8H2,1H3,(H2,13,16). The SMILES string of the molecule is CCC1CC(=O)N(CC2(CC(N)=S)CC2)C1. The predicted molar refractivity (Wildman–Crippen MR) is 68.0 cm³/mol. The molecule has 1 amide bonds. The zero-order valence-corrected chi connectivity index (χ0v) is 10.7. The maximum absolute atomic E-state index is 11.8. The first-order valence-electron chi connectivity index (χ1n) is 6.11. The van der Waals surface area contributed by atoms with E-state index in [1.54, 1.807) is 0 Å². The van der Waals surface area contributed by atoms with Crippen molar-refractivity contribution in [1.82, 2.24) is 4.90 Å². The van der Waals surface area contributed by atoms with E-state index in [4.69, 9.17) is 18.0 Å². The van der Waals surface area contributed by atoms with Crippen LogP contribution in [0.4, 0.5) is 0 Å². The lowest BCUT2D eigenvalue weighted by atomic mass is 10.0. The zero-order valence-electron chi connectivity index (χ0n) is 9.87. The molecule has 1 saturated heterocycles. The van der Waals surface area contributed by atoms with Crippen LogP contribution in [0.25, 0.3) is 0 Å². The van der Waals surface area contributed by atoms with Crippen molar-refractivity contribution in [2.24, 2.45) is 17.1 Å². The van der Waals surface area contributed by atoms with E-state index in [1.165, 1.54) is 12.8 Å². The lowest BCUT2D eigenvalue weighted by Crippen LogP contribution is -2.33. The normalized spacial score (nSPS) is 27.2. The molecule has 0 radical (unpaired) electrons. The monoisotopic (exact) mass is 240 g/mol. The molecule has 1 saturated carbocycles. The van der Waals surface area contributed by atoms with Gasteiger partial charge in [-0.2, -0.15) is 0 Å². The van der Waals surface area contributed by atoms with Gasteiger partial charge in [0.25, 0.3) is 0 Å². The number of rotatable bonds is 5. The predicted octanol–water partition coefficient (Wildman–Crippen LogP) is 1.70. The van der Waals surface area contributed by atoms with Crippen molar-refractivity contribution in [1.29, 1.82) is 0 Å². The quantitative estimate of drug-likeness (QED) is 0.744. The molecule has 0 bridgehead atoms. The summed E-state index contributed by atoms with van der Waals surface area (Å²) in [4.78, 5) is 14.4. The Balaban J connectivity index is 1.90. The van der Waals surface area contributed by atoms with E-state index in [9.17, 15) is 4.79 Å². The summed E-state index contributed by atoms with van der Waals surface area (Å²) in [6.45, 7) is 3.97. The number of thiocarbonyl (C=S) groups is 1. The highest BCUT2D eigenvalue weighted by Crippen LogP contribution is 2.50. The number of carbonyl (C=O) groups is 1. The highest BCUT2D eigenvalue weighted by molar-refractivity contribution is 7.80. The van der Waals surface area contributed by atoms with Gasteiger partial charge in [0.05, 0.1) is 4.99 Å². The van der Waals surface area contributed by atoms with Crippen molar-refractivity contribution in [3.05, 3.63) is 0 Å². The van der Waals surface area contributed by atoms with Crippen LogP contribution >= 0.6 is 12.2 Å². The highest BCUT2D eigenvalue weighted by atomic mass is 32.1. The minimum absolute atomic E-state index is 0.240. The maximum Gasteiger partial charge on any atom is 0.222 e. The van der Waals surface area contributed by atoms with Crippen LogP contribution in [0.1, 0.15) is 39.0 Å². The number of hydrogen-bond acceptors (Lipinski definition) is 2. The lowest BCUT2D eigenvalue weighted by molar-refractivity contribution is -0.128. The van der Waals surface area contributed by atoms with Crippen LogP contribution in [0, 0.1) is 11.3 Å². The molecule has 3 nitrogen and oxygen atoms in total. The number of carbonyl (C=O) groups excluding carboxylic acids is 1. The van der Waals surface area contributed by atoms with Crippen molar-refractivity contribution >= 4 is 23.1 Å². The second kappa shape index (κ2) is 4.32. The molecule has 1 aliphatic heterocycles. The van der Waals surface area contributed by atoms with Gasteiger partial charge in [-0.3, -0.25) is 4.79 Å².